The molecule has 0 aliphatic carbocycles. The molecule has 0 saturated carbocycles. The first kappa shape index (κ1) is 15.9. The van der Waals surface area contributed by atoms with E-state index in [-0.39, 0.29) is 0 Å². The smallest absolute Gasteiger partial charge is 0.0890 e. The summed E-state index contributed by atoms with van der Waals surface area (Å²) in [5, 5.41) is 1.91. The first-order valence-electron chi connectivity index (χ1n) is 7.24. The molecule has 2 aromatic rings. The van der Waals surface area contributed by atoms with Crippen molar-refractivity contribution in [1.82, 2.24) is 8.96 Å². The van der Waals surface area contributed by atoms with Crippen LogP contribution in [0.25, 0.3) is 11.0 Å². The minimum Gasteiger partial charge on any atom is -0.307 e. The molecule has 0 saturated heterocycles. The van der Waals surface area contributed by atoms with Gasteiger partial charge in [-0.25, -0.2) is 0 Å². The fourth-order valence-electron chi connectivity index (χ4n) is 3.55. The summed E-state index contributed by atoms with van der Waals surface area (Å²) in [7, 11) is -0.969. The van der Waals surface area contributed by atoms with E-state index < -0.39 is 10.2 Å². The molecule has 0 fully saturated rings. The molecular formula is C16H25BrN2S. The van der Waals surface area contributed by atoms with E-state index >= 15 is 0 Å². The standard InChI is InChI=1S/C16H25BrN2S/c1-11(2)20(12(3)4,13(5)6)19-8-7-15-16(19)9-14(17)10-18-15/h7-13H,1-6H3. The summed E-state index contributed by atoms with van der Waals surface area (Å²) in [6, 6.07) is 4.36. The van der Waals surface area contributed by atoms with Gasteiger partial charge in [0.25, 0.3) is 0 Å². The summed E-state index contributed by atoms with van der Waals surface area (Å²) >= 11 is 3.56. The third-order valence-corrected chi connectivity index (χ3v) is 10.0. The van der Waals surface area contributed by atoms with Crippen molar-refractivity contribution in [3.63, 3.8) is 0 Å². The number of hydrogen-bond donors (Lipinski definition) is 0. The van der Waals surface area contributed by atoms with Gasteiger partial charge in [-0.3, -0.25) is 4.98 Å². The molecule has 20 heavy (non-hydrogen) atoms. The molecule has 0 aliphatic heterocycles. The van der Waals surface area contributed by atoms with E-state index in [1.54, 1.807) is 0 Å². The number of halogens is 1. The summed E-state index contributed by atoms with van der Waals surface area (Å²) in [6.07, 6.45) is 4.13. The van der Waals surface area contributed by atoms with Crippen LogP contribution in [0.1, 0.15) is 41.5 Å². The topological polar surface area (TPSA) is 17.8 Å². The Morgan fingerprint density at radius 2 is 1.60 bits per heavy atom. The van der Waals surface area contributed by atoms with Gasteiger partial charge in [0.05, 0.1) is 11.0 Å². The van der Waals surface area contributed by atoms with Crippen LogP contribution >= 0.6 is 26.1 Å². The van der Waals surface area contributed by atoms with Gasteiger partial charge in [-0.15, -0.1) is 0 Å². The highest BCUT2D eigenvalue weighted by molar-refractivity contribution is 9.10. The van der Waals surface area contributed by atoms with Crippen LogP contribution in [0.15, 0.2) is 29.0 Å². The number of rotatable bonds is 4. The van der Waals surface area contributed by atoms with Gasteiger partial charge < -0.3 is 3.97 Å². The van der Waals surface area contributed by atoms with Gasteiger partial charge >= 0.3 is 0 Å². The average molecular weight is 357 g/mol. The lowest BCUT2D eigenvalue weighted by Crippen LogP contribution is -2.33. The Hall–Kier alpha value is -0.480. The second-order valence-corrected chi connectivity index (χ2v) is 11.7. The minimum absolute atomic E-state index is 0.636. The Labute approximate surface area is 132 Å². The average Bonchev–Trinajstić information content (AvgIpc) is 2.72. The van der Waals surface area contributed by atoms with Gasteiger partial charge in [-0.1, -0.05) is 41.5 Å². The van der Waals surface area contributed by atoms with Crippen LogP contribution in [-0.4, -0.2) is 24.7 Å². The molecule has 0 radical (unpaired) electrons. The molecule has 0 atom stereocenters. The molecule has 0 N–H and O–H groups in total. The zero-order valence-corrected chi connectivity index (χ0v) is 15.6. The van der Waals surface area contributed by atoms with Gasteiger partial charge in [0.15, 0.2) is 0 Å². The molecule has 2 nitrogen and oxygen atoms in total. The van der Waals surface area contributed by atoms with Gasteiger partial charge in [0.2, 0.25) is 0 Å². The molecular weight excluding hydrogens is 332 g/mol. The highest BCUT2D eigenvalue weighted by Gasteiger charge is 2.37. The van der Waals surface area contributed by atoms with Crippen molar-refractivity contribution in [3.8, 4) is 0 Å². The SMILES string of the molecule is CC(C)S(C(C)C)(C(C)C)n1ccc2ncc(Br)cc21. The minimum atomic E-state index is -0.969. The lowest BCUT2D eigenvalue weighted by atomic mass is 10.4. The van der Waals surface area contributed by atoms with E-state index in [1.807, 2.05) is 6.20 Å². The summed E-state index contributed by atoms with van der Waals surface area (Å²) in [4.78, 5) is 4.54. The molecule has 0 unspecified atom stereocenters. The molecule has 0 amide bonds. The Bertz CT molecular complexity index is 580. The molecule has 0 bridgehead atoms. The lowest BCUT2D eigenvalue weighted by molar-refractivity contribution is 0.914. The number of nitrogens with zero attached hydrogens (tertiary/aromatic N) is 2. The highest BCUT2D eigenvalue weighted by Crippen LogP contribution is 2.62. The molecule has 2 heterocycles. The van der Waals surface area contributed by atoms with Crippen LogP contribution in [0.2, 0.25) is 0 Å². The van der Waals surface area contributed by atoms with Crippen LogP contribution in [0.4, 0.5) is 0 Å². The van der Waals surface area contributed by atoms with E-state index in [2.05, 4.69) is 84.8 Å². The van der Waals surface area contributed by atoms with Crippen molar-refractivity contribution in [3.05, 3.63) is 29.0 Å². The van der Waals surface area contributed by atoms with Gasteiger partial charge in [0, 0.05) is 32.6 Å². The Kier molecular flexibility index (Phi) is 4.55. The van der Waals surface area contributed by atoms with E-state index in [0.717, 1.165) is 9.99 Å². The van der Waals surface area contributed by atoms with E-state index in [9.17, 15) is 0 Å². The van der Waals surface area contributed by atoms with Gasteiger partial charge in [-0.2, -0.15) is 10.2 Å². The number of hydrogen-bond acceptors (Lipinski definition) is 1. The van der Waals surface area contributed by atoms with E-state index in [0.29, 0.717) is 15.7 Å². The molecule has 112 valence electrons. The van der Waals surface area contributed by atoms with Crippen molar-refractivity contribution in [1.29, 1.82) is 0 Å². The summed E-state index contributed by atoms with van der Waals surface area (Å²) in [6.45, 7) is 14.2. The Morgan fingerprint density at radius 1 is 1.05 bits per heavy atom. The van der Waals surface area contributed by atoms with Crippen LogP contribution < -0.4 is 0 Å². The van der Waals surface area contributed by atoms with E-state index in [1.165, 1.54) is 5.52 Å². The van der Waals surface area contributed by atoms with Crippen LogP contribution in [0.5, 0.6) is 0 Å². The molecule has 2 aromatic heterocycles. The van der Waals surface area contributed by atoms with Crippen molar-refractivity contribution in [2.45, 2.75) is 57.3 Å². The molecule has 4 heteroatoms. The molecule has 0 aliphatic rings. The molecule has 0 spiro atoms. The zero-order valence-electron chi connectivity index (χ0n) is 13.2. The Morgan fingerprint density at radius 3 is 2.10 bits per heavy atom. The van der Waals surface area contributed by atoms with Crippen LogP contribution in [0, 0.1) is 0 Å². The van der Waals surface area contributed by atoms with Gasteiger partial charge in [-0.05, 0) is 28.1 Å². The highest BCUT2D eigenvalue weighted by atomic mass is 79.9. The van der Waals surface area contributed by atoms with Crippen LogP contribution in [-0.2, 0) is 0 Å². The Balaban J connectivity index is 2.78. The third-order valence-electron chi connectivity index (χ3n) is 4.08. The van der Waals surface area contributed by atoms with Gasteiger partial charge in [0.1, 0.15) is 0 Å². The summed E-state index contributed by atoms with van der Waals surface area (Å²) in [5.74, 6) is 0. The number of aromatic nitrogens is 2. The predicted octanol–water partition coefficient (Wildman–Crippen LogP) is 5.59. The lowest BCUT2D eigenvalue weighted by Gasteiger charge is -2.52. The quantitative estimate of drug-likeness (QED) is 0.697. The fourth-order valence-corrected chi connectivity index (χ4v) is 9.26. The predicted molar refractivity (Wildman–Crippen MR) is 95.8 cm³/mol. The number of pyridine rings is 1. The fraction of sp³-hybridized carbons (Fsp3) is 0.562. The first-order valence-corrected chi connectivity index (χ1v) is 9.82. The maximum absolute atomic E-state index is 4.54. The van der Waals surface area contributed by atoms with Crippen LogP contribution in [0.3, 0.4) is 0 Å². The maximum Gasteiger partial charge on any atom is 0.0890 e. The van der Waals surface area contributed by atoms with Crippen molar-refractivity contribution < 1.29 is 0 Å². The summed E-state index contributed by atoms with van der Waals surface area (Å²) in [5.41, 5.74) is 2.34. The van der Waals surface area contributed by atoms with E-state index in [4.69, 9.17) is 0 Å². The van der Waals surface area contributed by atoms with Crippen molar-refractivity contribution in [2.24, 2.45) is 0 Å². The van der Waals surface area contributed by atoms with Crippen molar-refractivity contribution >= 4 is 37.2 Å². The third kappa shape index (κ3) is 2.31. The largest absolute Gasteiger partial charge is 0.307 e. The second kappa shape index (κ2) is 5.72. The normalized spacial score (nSPS) is 13.9. The van der Waals surface area contributed by atoms with Crippen molar-refractivity contribution in [2.75, 3.05) is 0 Å². The maximum atomic E-state index is 4.54. The molecule has 0 aromatic carbocycles. The summed E-state index contributed by atoms with van der Waals surface area (Å²) < 4.78 is 3.59. The first-order chi connectivity index (χ1) is 9.31. The second-order valence-electron chi connectivity index (χ2n) is 6.07. The monoisotopic (exact) mass is 356 g/mol. The zero-order chi connectivity index (χ0) is 15.1. The molecule has 2 rings (SSSR count). The number of fused-ring (bicyclic) bond motifs is 1.